The molecule has 8 heteroatoms. The molecule has 0 saturated heterocycles. The number of pyridine rings is 1. The summed E-state index contributed by atoms with van der Waals surface area (Å²) in [5.74, 6) is 4.77. The van der Waals surface area contributed by atoms with Crippen LogP contribution in [0, 0.1) is 24.7 Å². The van der Waals surface area contributed by atoms with Crippen molar-refractivity contribution < 1.29 is 17.9 Å². The van der Waals surface area contributed by atoms with Crippen LogP contribution in [0.5, 0.6) is 0 Å². The lowest BCUT2D eigenvalue weighted by Gasteiger charge is -2.31. The molecule has 30 heavy (non-hydrogen) atoms. The lowest BCUT2D eigenvalue weighted by molar-refractivity contribution is -0.263. The van der Waals surface area contributed by atoms with Crippen LogP contribution >= 0.6 is 23.2 Å². The molecular formula is C22H20Cl2F3NO2. The molecule has 1 aliphatic rings. The number of halogens is 5. The second-order valence-corrected chi connectivity index (χ2v) is 8.04. The molecule has 1 aliphatic carbocycles. The number of rotatable bonds is 5. The molecule has 1 fully saturated rings. The van der Waals surface area contributed by atoms with Gasteiger partial charge in [-0.15, -0.1) is 0 Å². The highest BCUT2D eigenvalue weighted by atomic mass is 35.5. The minimum absolute atomic E-state index is 0.130. The molecule has 0 radical (unpaired) electrons. The molecule has 1 atom stereocenters. The lowest BCUT2D eigenvalue weighted by Crippen LogP contribution is -2.47. The molecule has 160 valence electrons. The third kappa shape index (κ3) is 4.54. The van der Waals surface area contributed by atoms with Crippen LogP contribution in [0.2, 0.25) is 10.0 Å². The van der Waals surface area contributed by atoms with Gasteiger partial charge in [0.2, 0.25) is 0 Å². The summed E-state index contributed by atoms with van der Waals surface area (Å²) < 4.78 is 49.0. The van der Waals surface area contributed by atoms with Gasteiger partial charge in [-0.3, -0.25) is 4.79 Å². The minimum atomic E-state index is -4.98. The summed E-state index contributed by atoms with van der Waals surface area (Å²) in [6.07, 6.45) is -3.09. The van der Waals surface area contributed by atoms with Crippen LogP contribution in [0.15, 0.2) is 29.1 Å². The molecule has 1 aromatic heterocycles. The van der Waals surface area contributed by atoms with Gasteiger partial charge in [0.05, 0.1) is 12.2 Å². The average molecular weight is 458 g/mol. The number of aromatic amines is 1. The molecule has 3 rings (SSSR count). The van der Waals surface area contributed by atoms with Gasteiger partial charge in [-0.2, -0.15) is 13.2 Å². The van der Waals surface area contributed by atoms with Crippen LogP contribution in [0.3, 0.4) is 0 Å². The van der Waals surface area contributed by atoms with Gasteiger partial charge in [-0.05, 0) is 49.9 Å². The van der Waals surface area contributed by atoms with E-state index in [4.69, 9.17) is 27.9 Å². The maximum atomic E-state index is 14.5. The van der Waals surface area contributed by atoms with Crippen molar-refractivity contribution in [3.63, 3.8) is 0 Å². The molecule has 3 nitrogen and oxygen atoms in total. The zero-order valence-electron chi connectivity index (χ0n) is 16.4. The van der Waals surface area contributed by atoms with Crippen LogP contribution in [0.1, 0.15) is 42.1 Å². The molecule has 0 amide bonds. The summed E-state index contributed by atoms with van der Waals surface area (Å²) in [5.41, 5.74) is -3.31. The number of hydrogen-bond acceptors (Lipinski definition) is 2. The normalized spacial score (nSPS) is 16.0. The topological polar surface area (TPSA) is 42.1 Å². The largest absolute Gasteiger partial charge is 0.433 e. The Balaban J connectivity index is 2.18. The predicted molar refractivity (Wildman–Crippen MR) is 111 cm³/mol. The van der Waals surface area contributed by atoms with Crippen molar-refractivity contribution in [3.8, 4) is 11.8 Å². The van der Waals surface area contributed by atoms with Crippen molar-refractivity contribution in [2.45, 2.75) is 51.5 Å². The van der Waals surface area contributed by atoms with E-state index in [2.05, 4.69) is 16.8 Å². The average Bonchev–Trinajstić information content (AvgIpc) is 3.48. The maximum Gasteiger partial charge on any atom is 0.433 e. The fourth-order valence-electron chi connectivity index (χ4n) is 3.06. The third-order valence-electron chi connectivity index (χ3n) is 5.03. The molecule has 0 spiro atoms. The van der Waals surface area contributed by atoms with E-state index in [1.807, 2.05) is 0 Å². The summed E-state index contributed by atoms with van der Waals surface area (Å²) in [5, 5.41) is 0.335. The minimum Gasteiger partial charge on any atom is -0.345 e. The second-order valence-electron chi connectivity index (χ2n) is 7.23. The second kappa shape index (κ2) is 8.66. The summed E-state index contributed by atoms with van der Waals surface area (Å²) >= 11 is 12.2. The van der Waals surface area contributed by atoms with Crippen LogP contribution in [-0.4, -0.2) is 11.2 Å². The monoisotopic (exact) mass is 457 g/mol. The molecule has 1 aromatic carbocycles. The fourth-order valence-corrected chi connectivity index (χ4v) is 3.57. The first-order chi connectivity index (χ1) is 14.1. The third-order valence-corrected chi connectivity index (χ3v) is 5.74. The maximum absolute atomic E-state index is 14.5. The van der Waals surface area contributed by atoms with Gasteiger partial charge in [0.25, 0.3) is 11.2 Å². The van der Waals surface area contributed by atoms with Crippen LogP contribution in [0.25, 0.3) is 0 Å². The first-order valence-corrected chi connectivity index (χ1v) is 10.2. The van der Waals surface area contributed by atoms with Crippen LogP contribution in [0.4, 0.5) is 13.2 Å². The first kappa shape index (κ1) is 22.7. The van der Waals surface area contributed by atoms with Crippen molar-refractivity contribution >= 4 is 23.2 Å². The number of alkyl halides is 3. The molecule has 2 aromatic rings. The van der Waals surface area contributed by atoms with E-state index in [0.29, 0.717) is 17.7 Å². The van der Waals surface area contributed by atoms with Crippen molar-refractivity contribution in [3.05, 3.63) is 67.0 Å². The molecule has 1 unspecified atom stereocenters. The van der Waals surface area contributed by atoms with E-state index >= 15 is 0 Å². The Morgan fingerprint density at radius 3 is 2.40 bits per heavy atom. The van der Waals surface area contributed by atoms with Crippen molar-refractivity contribution in [2.24, 2.45) is 5.92 Å². The molecule has 1 N–H and O–H groups in total. The Bertz CT molecular complexity index is 1040. The Morgan fingerprint density at radius 1 is 1.23 bits per heavy atom. The van der Waals surface area contributed by atoms with Gasteiger partial charge < -0.3 is 9.72 Å². The predicted octanol–water partition coefficient (Wildman–Crippen LogP) is 5.94. The number of H-pyrrole nitrogens is 1. The molecule has 1 saturated carbocycles. The standard InChI is InChI=1S/C22H20Cl2F3NO2/c1-3-15-11-17(20(29)28-13(15)2)21(22(25,26)27,10-9-14-7-8-14)30-12-16-18(23)5-4-6-19(16)24/h4-6,11,14H,3,7-8,12H2,1-2H3,(H,28,29). The van der Waals surface area contributed by atoms with E-state index in [-0.39, 0.29) is 21.5 Å². The summed E-state index contributed by atoms with van der Waals surface area (Å²) in [7, 11) is 0. The Hall–Kier alpha value is -1.94. The Morgan fingerprint density at radius 2 is 1.87 bits per heavy atom. The highest BCUT2D eigenvalue weighted by Crippen LogP contribution is 2.43. The SMILES string of the molecule is CCc1cc(C(C#CC2CC2)(OCc2c(Cl)cccc2Cl)C(F)(F)F)c(=O)[nH]c1C. The zero-order chi connectivity index (χ0) is 22.1. The van der Waals surface area contributed by atoms with Crippen molar-refractivity contribution in [1.82, 2.24) is 4.98 Å². The Labute approximate surface area is 182 Å². The van der Waals surface area contributed by atoms with Gasteiger partial charge in [0.15, 0.2) is 0 Å². The Kier molecular flexibility index (Phi) is 6.57. The number of ether oxygens (including phenoxy) is 1. The summed E-state index contributed by atoms with van der Waals surface area (Å²) in [6, 6.07) is 5.82. The smallest absolute Gasteiger partial charge is 0.345 e. The van der Waals surface area contributed by atoms with Crippen LogP contribution < -0.4 is 5.56 Å². The van der Waals surface area contributed by atoms with Crippen LogP contribution in [-0.2, 0) is 23.4 Å². The molecular weight excluding hydrogens is 438 g/mol. The van der Waals surface area contributed by atoms with Gasteiger partial charge in [-0.25, -0.2) is 0 Å². The lowest BCUT2D eigenvalue weighted by atomic mass is 9.91. The summed E-state index contributed by atoms with van der Waals surface area (Å²) in [6.45, 7) is 2.87. The number of benzene rings is 1. The number of hydrogen-bond donors (Lipinski definition) is 1. The highest BCUT2D eigenvalue weighted by molar-refractivity contribution is 6.35. The van der Waals surface area contributed by atoms with E-state index in [0.717, 1.165) is 12.8 Å². The van der Waals surface area contributed by atoms with Gasteiger partial charge in [0.1, 0.15) is 0 Å². The van der Waals surface area contributed by atoms with E-state index < -0.39 is 29.5 Å². The van der Waals surface area contributed by atoms with Crippen molar-refractivity contribution in [2.75, 3.05) is 0 Å². The van der Waals surface area contributed by atoms with Gasteiger partial charge in [0, 0.05) is 27.2 Å². The number of aryl methyl sites for hydroxylation is 2. The number of nitrogens with one attached hydrogen (secondary N) is 1. The molecule has 1 heterocycles. The first-order valence-electron chi connectivity index (χ1n) is 9.48. The quantitative estimate of drug-likeness (QED) is 0.564. The summed E-state index contributed by atoms with van der Waals surface area (Å²) in [4.78, 5) is 15.2. The fraction of sp³-hybridized carbons (Fsp3) is 0.409. The number of aromatic nitrogens is 1. The zero-order valence-corrected chi connectivity index (χ0v) is 17.9. The molecule has 0 bridgehead atoms. The van der Waals surface area contributed by atoms with E-state index in [9.17, 15) is 18.0 Å². The van der Waals surface area contributed by atoms with E-state index in [1.54, 1.807) is 19.9 Å². The van der Waals surface area contributed by atoms with Gasteiger partial charge in [-0.1, -0.05) is 48.0 Å². The van der Waals surface area contributed by atoms with Gasteiger partial charge >= 0.3 is 6.18 Å². The molecule has 0 aliphatic heterocycles. The van der Waals surface area contributed by atoms with E-state index in [1.165, 1.54) is 18.2 Å². The highest BCUT2D eigenvalue weighted by Gasteiger charge is 2.58. The van der Waals surface area contributed by atoms with Crippen molar-refractivity contribution in [1.29, 1.82) is 0 Å².